The molecule has 1 aliphatic carbocycles. The van der Waals surface area contributed by atoms with Crippen molar-refractivity contribution >= 4 is 0 Å². The summed E-state index contributed by atoms with van der Waals surface area (Å²) in [5.74, 6) is 0.575. The molecule has 0 heterocycles. The van der Waals surface area contributed by atoms with Crippen molar-refractivity contribution in [1.29, 1.82) is 0 Å². The molecule has 0 spiro atoms. The van der Waals surface area contributed by atoms with Crippen molar-refractivity contribution in [1.82, 2.24) is 5.32 Å². The highest BCUT2D eigenvalue weighted by Gasteiger charge is 2.35. The molecule has 0 saturated heterocycles. The molecule has 1 aromatic carbocycles. The zero-order valence-electron chi connectivity index (χ0n) is 7.76. The van der Waals surface area contributed by atoms with Crippen LogP contribution >= 0.6 is 0 Å². The molecule has 0 aromatic heterocycles. The normalized spacial score (nSPS) is 26.0. The third kappa shape index (κ3) is 1.89. The molecule has 1 saturated carbocycles. The van der Waals surface area contributed by atoms with Crippen LogP contribution in [0.25, 0.3) is 0 Å². The summed E-state index contributed by atoms with van der Waals surface area (Å²) in [4.78, 5) is 0. The van der Waals surface area contributed by atoms with Crippen LogP contribution < -0.4 is 5.32 Å². The summed E-state index contributed by atoms with van der Waals surface area (Å²) in [5, 5.41) is 3.21. The number of benzene rings is 1. The fourth-order valence-electron chi connectivity index (χ4n) is 1.77. The van der Waals surface area contributed by atoms with Gasteiger partial charge in [0.2, 0.25) is 0 Å². The Labute approximate surface area is 78.0 Å². The van der Waals surface area contributed by atoms with Gasteiger partial charge >= 0.3 is 0 Å². The van der Waals surface area contributed by atoms with Gasteiger partial charge in [-0.2, -0.15) is 0 Å². The predicted octanol–water partition coefficient (Wildman–Crippen LogP) is 1.98. The van der Waals surface area contributed by atoms with Crippen molar-refractivity contribution < 1.29 is 4.39 Å². The first-order valence-electron chi connectivity index (χ1n) is 4.72. The maximum atomic E-state index is 13.2. The van der Waals surface area contributed by atoms with Crippen LogP contribution in [0, 0.1) is 11.7 Å². The maximum absolute atomic E-state index is 13.2. The van der Waals surface area contributed by atoms with E-state index < -0.39 is 0 Å². The molecule has 1 aromatic rings. The van der Waals surface area contributed by atoms with Crippen LogP contribution in [0.3, 0.4) is 0 Å². The van der Waals surface area contributed by atoms with Crippen LogP contribution in [0.2, 0.25) is 0 Å². The van der Waals surface area contributed by atoms with E-state index in [0.29, 0.717) is 12.0 Å². The number of hydrogen-bond acceptors (Lipinski definition) is 1. The monoisotopic (exact) mass is 179 g/mol. The predicted molar refractivity (Wildman–Crippen MR) is 51.1 cm³/mol. The first kappa shape index (κ1) is 8.70. The van der Waals surface area contributed by atoms with Gasteiger partial charge < -0.3 is 5.32 Å². The number of nitrogens with one attached hydrogen (secondary N) is 1. The summed E-state index contributed by atoms with van der Waals surface area (Å²) in [7, 11) is 1.96. The van der Waals surface area contributed by atoms with E-state index in [4.69, 9.17) is 0 Å². The number of rotatable bonds is 3. The molecule has 1 nitrogen and oxygen atoms in total. The molecule has 1 aliphatic rings. The lowest BCUT2D eigenvalue weighted by Crippen LogP contribution is -2.11. The Hall–Kier alpha value is -0.890. The minimum absolute atomic E-state index is 0.0655. The molecule has 13 heavy (non-hydrogen) atoms. The van der Waals surface area contributed by atoms with Crippen LogP contribution in [-0.2, 0) is 6.42 Å². The molecule has 0 bridgehead atoms. The zero-order chi connectivity index (χ0) is 9.26. The van der Waals surface area contributed by atoms with Crippen molar-refractivity contribution in [2.75, 3.05) is 7.05 Å². The molecule has 2 unspecified atom stereocenters. The molecule has 0 amide bonds. The molecule has 2 heteroatoms. The van der Waals surface area contributed by atoms with Gasteiger partial charge in [-0.15, -0.1) is 0 Å². The SMILES string of the molecule is CNC1CC1Cc1ccccc1F. The van der Waals surface area contributed by atoms with E-state index in [9.17, 15) is 4.39 Å². The van der Waals surface area contributed by atoms with E-state index in [2.05, 4.69) is 5.32 Å². The second-order valence-electron chi connectivity index (χ2n) is 3.69. The third-order valence-corrected chi connectivity index (χ3v) is 2.73. The fraction of sp³-hybridized carbons (Fsp3) is 0.455. The largest absolute Gasteiger partial charge is 0.317 e. The van der Waals surface area contributed by atoms with Gasteiger partial charge in [0, 0.05) is 6.04 Å². The minimum atomic E-state index is -0.0655. The molecular weight excluding hydrogens is 165 g/mol. The lowest BCUT2D eigenvalue weighted by Gasteiger charge is -2.01. The van der Waals surface area contributed by atoms with Crippen molar-refractivity contribution in [2.24, 2.45) is 5.92 Å². The fourth-order valence-corrected chi connectivity index (χ4v) is 1.77. The topological polar surface area (TPSA) is 12.0 Å². The standard InChI is InChI=1S/C11H14FN/c1-13-11-7-9(11)6-8-4-2-3-5-10(8)12/h2-5,9,11,13H,6-7H2,1H3. The molecule has 0 radical (unpaired) electrons. The summed E-state index contributed by atoms with van der Waals surface area (Å²) in [5.41, 5.74) is 0.852. The van der Waals surface area contributed by atoms with Gasteiger partial charge in [0.1, 0.15) is 5.82 Å². The summed E-state index contributed by atoms with van der Waals surface area (Å²) in [6.07, 6.45) is 2.06. The maximum Gasteiger partial charge on any atom is 0.126 e. The highest BCUT2D eigenvalue weighted by atomic mass is 19.1. The van der Waals surface area contributed by atoms with Crippen molar-refractivity contribution in [3.63, 3.8) is 0 Å². The van der Waals surface area contributed by atoms with E-state index >= 15 is 0 Å². The van der Waals surface area contributed by atoms with Gasteiger partial charge in [-0.1, -0.05) is 18.2 Å². The van der Waals surface area contributed by atoms with Crippen LogP contribution in [0.5, 0.6) is 0 Å². The van der Waals surface area contributed by atoms with Crippen molar-refractivity contribution in [2.45, 2.75) is 18.9 Å². The number of halogens is 1. The highest BCUT2D eigenvalue weighted by Crippen LogP contribution is 2.33. The minimum Gasteiger partial charge on any atom is -0.317 e. The summed E-state index contributed by atoms with van der Waals surface area (Å²) < 4.78 is 13.2. The van der Waals surface area contributed by atoms with Gasteiger partial charge in [-0.3, -0.25) is 0 Å². The van der Waals surface area contributed by atoms with Gasteiger partial charge in [0.15, 0.2) is 0 Å². The Morgan fingerprint density at radius 2 is 2.23 bits per heavy atom. The average Bonchev–Trinajstić information content (AvgIpc) is 2.88. The van der Waals surface area contributed by atoms with Crippen LogP contribution in [0.1, 0.15) is 12.0 Å². The van der Waals surface area contributed by atoms with Gasteiger partial charge in [-0.05, 0) is 37.4 Å². The Bertz CT molecular complexity index is 298. The van der Waals surface area contributed by atoms with Crippen molar-refractivity contribution in [3.8, 4) is 0 Å². The lowest BCUT2D eigenvalue weighted by molar-refractivity contribution is 0.595. The molecule has 1 fully saturated rings. The Balaban J connectivity index is 1.99. The highest BCUT2D eigenvalue weighted by molar-refractivity contribution is 5.19. The van der Waals surface area contributed by atoms with Gasteiger partial charge in [0.25, 0.3) is 0 Å². The van der Waals surface area contributed by atoms with Crippen molar-refractivity contribution in [3.05, 3.63) is 35.6 Å². The third-order valence-electron chi connectivity index (χ3n) is 2.73. The van der Waals surface area contributed by atoms with Crippen LogP contribution in [0.4, 0.5) is 4.39 Å². The lowest BCUT2D eigenvalue weighted by atomic mass is 10.1. The summed E-state index contributed by atoms with van der Waals surface area (Å²) >= 11 is 0. The Morgan fingerprint density at radius 3 is 2.85 bits per heavy atom. The van der Waals surface area contributed by atoms with E-state index in [1.165, 1.54) is 12.5 Å². The first-order chi connectivity index (χ1) is 6.31. The molecule has 70 valence electrons. The second-order valence-corrected chi connectivity index (χ2v) is 3.69. The Morgan fingerprint density at radius 1 is 1.46 bits per heavy atom. The zero-order valence-corrected chi connectivity index (χ0v) is 7.76. The van der Waals surface area contributed by atoms with Gasteiger partial charge in [-0.25, -0.2) is 4.39 Å². The van der Waals surface area contributed by atoms with E-state index in [0.717, 1.165) is 12.0 Å². The van der Waals surface area contributed by atoms with E-state index in [1.54, 1.807) is 6.07 Å². The smallest absolute Gasteiger partial charge is 0.126 e. The van der Waals surface area contributed by atoms with Crippen LogP contribution in [-0.4, -0.2) is 13.1 Å². The van der Waals surface area contributed by atoms with E-state index in [-0.39, 0.29) is 5.82 Å². The summed E-state index contributed by atoms with van der Waals surface area (Å²) in [6, 6.07) is 7.66. The number of hydrogen-bond donors (Lipinski definition) is 1. The quantitative estimate of drug-likeness (QED) is 0.748. The molecule has 1 N–H and O–H groups in total. The molecule has 2 atom stereocenters. The second kappa shape index (κ2) is 3.46. The van der Waals surface area contributed by atoms with E-state index in [1.807, 2.05) is 19.2 Å². The molecular formula is C11H14FN. The Kier molecular flexibility index (Phi) is 2.32. The average molecular weight is 179 g/mol. The van der Waals surface area contributed by atoms with Crippen LogP contribution in [0.15, 0.2) is 24.3 Å². The molecule has 2 rings (SSSR count). The molecule has 0 aliphatic heterocycles. The van der Waals surface area contributed by atoms with Gasteiger partial charge in [0.05, 0.1) is 0 Å². The first-order valence-corrected chi connectivity index (χ1v) is 4.72. The summed E-state index contributed by atoms with van der Waals surface area (Å²) in [6.45, 7) is 0.